The first kappa shape index (κ1) is 11.6. The minimum absolute atomic E-state index is 0.0767. The van der Waals surface area contributed by atoms with E-state index in [-0.39, 0.29) is 5.78 Å². The fraction of sp³-hybridized carbons (Fsp3) is 0.357. The second kappa shape index (κ2) is 4.98. The predicted molar refractivity (Wildman–Crippen MR) is 63.1 cm³/mol. The van der Waals surface area contributed by atoms with Gasteiger partial charge in [0.25, 0.3) is 0 Å². The average molecular weight is 230 g/mol. The van der Waals surface area contributed by atoms with Gasteiger partial charge in [0, 0.05) is 12.8 Å². The van der Waals surface area contributed by atoms with Gasteiger partial charge in [0.05, 0.1) is 0 Å². The monoisotopic (exact) mass is 230 g/mol. The molecule has 0 amide bonds. The van der Waals surface area contributed by atoms with Gasteiger partial charge < -0.3 is 4.74 Å². The lowest BCUT2D eigenvalue weighted by Gasteiger charge is -2.26. The van der Waals surface area contributed by atoms with Crippen molar-refractivity contribution in [3.63, 3.8) is 0 Å². The normalized spacial score (nSPS) is 23.2. The van der Waals surface area contributed by atoms with Crippen LogP contribution in [0, 0.1) is 0 Å². The van der Waals surface area contributed by atoms with Crippen LogP contribution in [0.1, 0.15) is 24.8 Å². The molecule has 88 valence electrons. The van der Waals surface area contributed by atoms with E-state index in [1.54, 1.807) is 5.94 Å². The van der Waals surface area contributed by atoms with Gasteiger partial charge in [-0.15, -0.1) is 0 Å². The molecule has 1 fully saturated rings. The van der Waals surface area contributed by atoms with Crippen LogP contribution in [-0.4, -0.2) is 17.3 Å². The number of carbonyl (C=O) groups excluding carboxylic acids is 2. The molecule has 0 radical (unpaired) electrons. The van der Waals surface area contributed by atoms with E-state index in [2.05, 4.69) is 0 Å². The van der Waals surface area contributed by atoms with Crippen molar-refractivity contribution in [2.24, 2.45) is 0 Å². The van der Waals surface area contributed by atoms with Crippen molar-refractivity contribution < 1.29 is 14.3 Å². The number of hydrogen-bond acceptors (Lipinski definition) is 3. The molecule has 2 rings (SSSR count). The molecule has 1 aromatic rings. The maximum absolute atomic E-state index is 11.9. The van der Waals surface area contributed by atoms with Crippen LogP contribution in [0.2, 0.25) is 0 Å². The van der Waals surface area contributed by atoms with Crippen LogP contribution < -0.4 is 0 Å². The van der Waals surface area contributed by atoms with Crippen molar-refractivity contribution >= 4 is 11.7 Å². The van der Waals surface area contributed by atoms with Crippen molar-refractivity contribution in [2.45, 2.75) is 31.3 Å². The topological polar surface area (TPSA) is 43.4 Å². The van der Waals surface area contributed by atoms with Gasteiger partial charge in [-0.3, -0.25) is 4.79 Å². The Hall–Kier alpha value is -1.86. The number of carbonyl (C=O) groups is 1. The highest BCUT2D eigenvalue weighted by Crippen LogP contribution is 2.33. The molecular weight excluding hydrogens is 216 g/mol. The maximum atomic E-state index is 11.9. The average Bonchev–Trinajstić information content (AvgIpc) is 2.70. The predicted octanol–water partition coefficient (Wildman–Crippen LogP) is 2.08. The summed E-state index contributed by atoms with van der Waals surface area (Å²) in [6, 6.07) is 9.71. The van der Waals surface area contributed by atoms with Gasteiger partial charge in [-0.05, 0) is 18.4 Å². The summed E-state index contributed by atoms with van der Waals surface area (Å²) in [7, 11) is 0. The van der Waals surface area contributed by atoms with Crippen molar-refractivity contribution in [3.8, 4) is 0 Å². The molecule has 17 heavy (non-hydrogen) atoms. The van der Waals surface area contributed by atoms with E-state index in [0.29, 0.717) is 19.3 Å². The summed E-state index contributed by atoms with van der Waals surface area (Å²) in [5, 5.41) is 0. The molecule has 1 aliphatic carbocycles. The van der Waals surface area contributed by atoms with E-state index in [0.717, 1.165) is 18.2 Å². The first-order chi connectivity index (χ1) is 8.27. The molecule has 0 spiro atoms. The first-order valence-corrected chi connectivity index (χ1v) is 5.71. The highest BCUT2D eigenvalue weighted by Gasteiger charge is 2.43. The number of benzene rings is 1. The summed E-state index contributed by atoms with van der Waals surface area (Å²) in [6.45, 7) is 0. The van der Waals surface area contributed by atoms with Gasteiger partial charge in [0.15, 0.2) is 23.6 Å². The van der Waals surface area contributed by atoms with Crippen LogP contribution in [0.15, 0.2) is 36.6 Å². The molecule has 3 heteroatoms. The van der Waals surface area contributed by atoms with Crippen molar-refractivity contribution in [1.29, 1.82) is 0 Å². The van der Waals surface area contributed by atoms with Crippen LogP contribution >= 0.6 is 0 Å². The van der Waals surface area contributed by atoms with Gasteiger partial charge >= 0.3 is 0 Å². The quantitative estimate of drug-likeness (QED) is 0.587. The Morgan fingerprint density at radius 1 is 1.35 bits per heavy atom. The summed E-state index contributed by atoms with van der Waals surface area (Å²) in [5.74, 6) is 1.65. The van der Waals surface area contributed by atoms with Crippen LogP contribution in [0.4, 0.5) is 0 Å². The molecule has 0 aliphatic heterocycles. The van der Waals surface area contributed by atoms with E-state index in [1.807, 2.05) is 30.3 Å². The second-order valence-electron chi connectivity index (χ2n) is 4.29. The van der Waals surface area contributed by atoms with E-state index >= 15 is 0 Å². The van der Waals surface area contributed by atoms with Crippen LogP contribution in [0.25, 0.3) is 0 Å². The number of ketones is 1. The van der Waals surface area contributed by atoms with E-state index in [9.17, 15) is 9.59 Å². The van der Waals surface area contributed by atoms with Gasteiger partial charge in [-0.1, -0.05) is 30.3 Å². The van der Waals surface area contributed by atoms with Gasteiger partial charge in [-0.2, -0.15) is 0 Å². The fourth-order valence-electron chi connectivity index (χ4n) is 2.32. The Balaban J connectivity index is 2.22. The third-order valence-corrected chi connectivity index (χ3v) is 3.16. The summed E-state index contributed by atoms with van der Waals surface area (Å²) >= 11 is 0. The molecule has 1 unspecified atom stereocenters. The Labute approximate surface area is 100 Å². The highest BCUT2D eigenvalue weighted by molar-refractivity contribution is 5.89. The zero-order valence-electron chi connectivity index (χ0n) is 9.52. The summed E-state index contributed by atoms with van der Waals surface area (Å²) in [6.07, 6.45) is 3.49. The van der Waals surface area contributed by atoms with Gasteiger partial charge in [0.2, 0.25) is 0 Å². The second-order valence-corrected chi connectivity index (χ2v) is 4.29. The molecule has 0 aromatic heterocycles. The smallest absolute Gasteiger partial charge is 0.176 e. The lowest BCUT2D eigenvalue weighted by Crippen LogP contribution is -2.38. The Morgan fingerprint density at radius 2 is 2.12 bits per heavy atom. The largest absolute Gasteiger partial charge is 0.475 e. The molecule has 1 aromatic carbocycles. The first-order valence-electron chi connectivity index (χ1n) is 5.71. The third-order valence-electron chi connectivity index (χ3n) is 3.16. The highest BCUT2D eigenvalue weighted by atomic mass is 16.5. The molecule has 0 bridgehead atoms. The van der Waals surface area contributed by atoms with Gasteiger partial charge in [-0.25, -0.2) is 4.79 Å². The van der Waals surface area contributed by atoms with Crippen LogP contribution in [0.5, 0.6) is 0 Å². The fourth-order valence-corrected chi connectivity index (χ4v) is 2.32. The molecular formula is C14H14O3. The van der Waals surface area contributed by atoms with Crippen molar-refractivity contribution in [1.82, 2.24) is 0 Å². The molecule has 0 saturated heterocycles. The zero-order chi connectivity index (χ0) is 12.1. The lowest BCUT2D eigenvalue weighted by molar-refractivity contribution is -0.133. The van der Waals surface area contributed by atoms with E-state index < -0.39 is 5.60 Å². The van der Waals surface area contributed by atoms with Crippen molar-refractivity contribution in [3.05, 3.63) is 42.2 Å². The minimum Gasteiger partial charge on any atom is -0.475 e. The Morgan fingerprint density at radius 3 is 2.71 bits per heavy atom. The lowest BCUT2D eigenvalue weighted by atomic mass is 9.92. The summed E-state index contributed by atoms with van der Waals surface area (Å²) < 4.78 is 5.36. The van der Waals surface area contributed by atoms with Crippen LogP contribution in [0.3, 0.4) is 0 Å². The van der Waals surface area contributed by atoms with E-state index in [1.165, 1.54) is 0 Å². The van der Waals surface area contributed by atoms with E-state index in [4.69, 9.17) is 4.74 Å². The zero-order valence-corrected chi connectivity index (χ0v) is 9.52. The van der Waals surface area contributed by atoms with Gasteiger partial charge in [0.1, 0.15) is 0 Å². The van der Waals surface area contributed by atoms with Crippen molar-refractivity contribution in [2.75, 3.05) is 0 Å². The minimum atomic E-state index is -0.848. The Kier molecular flexibility index (Phi) is 3.40. The molecule has 3 nitrogen and oxygen atoms in total. The number of rotatable bonds is 4. The standard InChI is InChI=1S/C14H14O3/c15-9-10-17-14(8-4-7-13(14)16)11-12-5-2-1-3-6-12/h1-3,5-6,10H,4,7-8,11H2. The van der Waals surface area contributed by atoms with Crippen LogP contribution in [-0.2, 0) is 20.7 Å². The summed E-state index contributed by atoms with van der Waals surface area (Å²) in [4.78, 5) is 22.2. The molecule has 1 atom stereocenters. The number of ether oxygens (including phenoxy) is 1. The summed E-state index contributed by atoms with van der Waals surface area (Å²) in [5.41, 5.74) is 0.195. The number of Topliss-reactive ketones (excluding diaryl/α,β-unsaturated/α-hetero) is 1. The number of hydrogen-bond donors (Lipinski definition) is 0. The maximum Gasteiger partial charge on any atom is 0.176 e. The molecule has 0 heterocycles. The molecule has 1 aliphatic rings. The third kappa shape index (κ3) is 2.45. The Bertz CT molecular complexity index is 446. The molecule has 1 saturated carbocycles. The SMILES string of the molecule is O=C=COC1(Cc2ccccc2)CCCC1=O. The molecule has 0 N–H and O–H groups in total.